The Morgan fingerprint density at radius 3 is 2.47 bits per heavy atom. The highest BCUT2D eigenvalue weighted by Crippen LogP contribution is 2.22. The van der Waals surface area contributed by atoms with Gasteiger partial charge >= 0.3 is 5.97 Å². The molecule has 0 aromatic heterocycles. The van der Waals surface area contributed by atoms with Gasteiger partial charge in [0.2, 0.25) is 0 Å². The second kappa shape index (κ2) is 6.19. The summed E-state index contributed by atoms with van der Waals surface area (Å²) in [6, 6.07) is -0.135. The summed E-state index contributed by atoms with van der Waals surface area (Å²) in [6.45, 7) is 2.02. The molecule has 0 spiro atoms. The summed E-state index contributed by atoms with van der Waals surface area (Å²) in [6.07, 6.45) is 2.41. The Bertz CT molecular complexity index is 416. The Morgan fingerprint density at radius 1 is 1.26 bits per heavy atom. The van der Waals surface area contributed by atoms with E-state index in [0.717, 1.165) is 12.8 Å². The molecule has 0 amide bonds. The van der Waals surface area contributed by atoms with E-state index in [0.29, 0.717) is 32.1 Å². The van der Waals surface area contributed by atoms with Crippen molar-refractivity contribution in [1.82, 2.24) is 4.90 Å². The number of carbonyl (C=O) groups is 1. The lowest BCUT2D eigenvalue weighted by Gasteiger charge is -2.32. The molecule has 0 aromatic carbocycles. The molecule has 2 rings (SSSR count). The highest BCUT2D eigenvalue weighted by molar-refractivity contribution is 7.91. The van der Waals surface area contributed by atoms with Crippen LogP contribution in [-0.2, 0) is 19.4 Å². The van der Waals surface area contributed by atoms with E-state index in [4.69, 9.17) is 9.84 Å². The Morgan fingerprint density at radius 2 is 1.95 bits per heavy atom. The zero-order valence-corrected chi connectivity index (χ0v) is 11.8. The van der Waals surface area contributed by atoms with Gasteiger partial charge in [-0.1, -0.05) is 0 Å². The molecular weight excluding hydrogens is 270 g/mol. The van der Waals surface area contributed by atoms with Crippen LogP contribution in [0.2, 0.25) is 0 Å². The average Bonchev–Trinajstić information content (AvgIpc) is 2.70. The van der Waals surface area contributed by atoms with Crippen molar-refractivity contribution in [3.63, 3.8) is 0 Å². The summed E-state index contributed by atoms with van der Waals surface area (Å²) in [5, 5.41) is 8.99. The zero-order valence-electron chi connectivity index (χ0n) is 11.0. The first-order valence-electron chi connectivity index (χ1n) is 6.70. The predicted molar refractivity (Wildman–Crippen MR) is 69.8 cm³/mol. The summed E-state index contributed by atoms with van der Waals surface area (Å²) in [7, 11) is -2.98. The summed E-state index contributed by atoms with van der Waals surface area (Å²) in [5.41, 5.74) is 0. The molecule has 0 aliphatic carbocycles. The molecule has 1 unspecified atom stereocenters. The number of hydrogen-bond acceptors (Lipinski definition) is 5. The van der Waals surface area contributed by atoms with Gasteiger partial charge in [-0.15, -0.1) is 0 Å². The second-order valence-corrected chi connectivity index (χ2v) is 7.66. The van der Waals surface area contributed by atoms with E-state index >= 15 is 0 Å². The molecule has 0 aromatic rings. The summed E-state index contributed by atoms with van der Waals surface area (Å²) in [4.78, 5) is 12.8. The van der Waals surface area contributed by atoms with E-state index in [9.17, 15) is 13.2 Å². The Hall–Kier alpha value is -0.660. The number of aliphatic carboxylic acids is 1. The zero-order chi connectivity index (χ0) is 13.9. The van der Waals surface area contributed by atoms with E-state index in [1.54, 1.807) is 0 Å². The van der Waals surface area contributed by atoms with Crippen LogP contribution < -0.4 is 0 Å². The van der Waals surface area contributed by atoms with Crippen LogP contribution in [0.3, 0.4) is 0 Å². The molecule has 2 saturated heterocycles. The monoisotopic (exact) mass is 291 g/mol. The van der Waals surface area contributed by atoms with Crippen LogP contribution in [0.25, 0.3) is 0 Å². The third-order valence-electron chi connectivity index (χ3n) is 3.90. The molecule has 19 heavy (non-hydrogen) atoms. The first kappa shape index (κ1) is 14.7. The molecule has 6 nitrogen and oxygen atoms in total. The Balaban J connectivity index is 1.97. The van der Waals surface area contributed by atoms with Crippen LogP contribution in [0.1, 0.15) is 19.3 Å². The van der Waals surface area contributed by atoms with Crippen molar-refractivity contribution in [3.8, 4) is 0 Å². The number of hydrogen-bond donors (Lipinski definition) is 1. The number of carboxylic acid groups (broad SMARTS) is 1. The maximum absolute atomic E-state index is 11.5. The first-order valence-corrected chi connectivity index (χ1v) is 8.52. The smallest absolute Gasteiger partial charge is 0.317 e. The van der Waals surface area contributed by atoms with Gasteiger partial charge in [-0.2, -0.15) is 0 Å². The van der Waals surface area contributed by atoms with Crippen LogP contribution in [0.4, 0.5) is 0 Å². The Kier molecular flexibility index (Phi) is 4.81. The number of sulfone groups is 1. The largest absolute Gasteiger partial charge is 0.480 e. The lowest BCUT2D eigenvalue weighted by molar-refractivity contribution is -0.139. The molecule has 1 atom stereocenters. The maximum Gasteiger partial charge on any atom is 0.317 e. The Labute approximate surface area is 113 Å². The molecule has 2 fully saturated rings. The molecule has 0 saturated carbocycles. The fraction of sp³-hybridized carbons (Fsp3) is 0.917. The lowest BCUT2D eigenvalue weighted by atomic mass is 9.98. The van der Waals surface area contributed by atoms with Gasteiger partial charge < -0.3 is 9.84 Å². The van der Waals surface area contributed by atoms with Gasteiger partial charge in [0, 0.05) is 25.8 Å². The van der Waals surface area contributed by atoms with Crippen molar-refractivity contribution in [2.45, 2.75) is 25.3 Å². The van der Waals surface area contributed by atoms with Crippen molar-refractivity contribution in [2.75, 3.05) is 37.8 Å². The van der Waals surface area contributed by atoms with Gasteiger partial charge in [0.15, 0.2) is 9.84 Å². The van der Waals surface area contributed by atoms with Gasteiger partial charge in [0.25, 0.3) is 0 Å². The highest BCUT2D eigenvalue weighted by Gasteiger charge is 2.34. The molecule has 2 heterocycles. The summed E-state index contributed by atoms with van der Waals surface area (Å²) >= 11 is 0. The van der Waals surface area contributed by atoms with Crippen LogP contribution in [0, 0.1) is 5.92 Å². The second-order valence-electron chi connectivity index (χ2n) is 5.44. The SMILES string of the molecule is O=C(O)CN(CC1CCOCC1)C1CCS(=O)(=O)C1. The van der Waals surface area contributed by atoms with E-state index in [1.165, 1.54) is 0 Å². The molecule has 110 valence electrons. The molecule has 0 bridgehead atoms. The van der Waals surface area contributed by atoms with Crippen molar-refractivity contribution in [1.29, 1.82) is 0 Å². The normalized spacial score (nSPS) is 27.7. The average molecular weight is 291 g/mol. The van der Waals surface area contributed by atoms with E-state index in [-0.39, 0.29) is 24.1 Å². The summed E-state index contributed by atoms with van der Waals surface area (Å²) in [5.74, 6) is -0.196. The molecule has 7 heteroatoms. The van der Waals surface area contributed by atoms with Crippen molar-refractivity contribution in [2.24, 2.45) is 5.92 Å². The van der Waals surface area contributed by atoms with Crippen LogP contribution in [0.15, 0.2) is 0 Å². The van der Waals surface area contributed by atoms with Gasteiger partial charge in [0.05, 0.1) is 18.1 Å². The topological polar surface area (TPSA) is 83.9 Å². The van der Waals surface area contributed by atoms with Gasteiger partial charge in [-0.3, -0.25) is 9.69 Å². The third kappa shape index (κ3) is 4.43. The van der Waals surface area contributed by atoms with Crippen LogP contribution >= 0.6 is 0 Å². The standard InChI is InChI=1S/C12H21NO5S/c14-12(15)8-13(7-10-1-4-18-5-2-10)11-3-6-19(16,17)9-11/h10-11H,1-9H2,(H,14,15). The minimum Gasteiger partial charge on any atom is -0.480 e. The van der Waals surface area contributed by atoms with Crippen molar-refractivity contribution < 1.29 is 23.1 Å². The molecule has 2 aliphatic heterocycles. The fourth-order valence-electron chi connectivity index (χ4n) is 2.84. The number of nitrogens with zero attached hydrogens (tertiary/aromatic N) is 1. The molecule has 1 N–H and O–H groups in total. The number of ether oxygens (including phenoxy) is 1. The third-order valence-corrected chi connectivity index (χ3v) is 5.65. The summed E-state index contributed by atoms with van der Waals surface area (Å²) < 4.78 is 28.3. The van der Waals surface area contributed by atoms with Gasteiger partial charge in [0.1, 0.15) is 0 Å². The highest BCUT2D eigenvalue weighted by atomic mass is 32.2. The molecular formula is C12H21NO5S. The number of carboxylic acids is 1. The minimum atomic E-state index is -2.98. The molecule has 0 radical (unpaired) electrons. The fourth-order valence-corrected chi connectivity index (χ4v) is 4.60. The lowest BCUT2D eigenvalue weighted by Crippen LogP contribution is -2.43. The van der Waals surface area contributed by atoms with Crippen LogP contribution in [0.5, 0.6) is 0 Å². The predicted octanol–water partition coefficient (Wildman–Crippen LogP) is -0.0133. The van der Waals surface area contributed by atoms with E-state index in [1.807, 2.05) is 4.90 Å². The first-order chi connectivity index (χ1) is 8.96. The molecule has 2 aliphatic rings. The van der Waals surface area contributed by atoms with Crippen molar-refractivity contribution in [3.05, 3.63) is 0 Å². The van der Waals surface area contributed by atoms with E-state index < -0.39 is 15.8 Å². The van der Waals surface area contributed by atoms with Gasteiger partial charge in [-0.05, 0) is 25.2 Å². The number of rotatable bonds is 5. The van der Waals surface area contributed by atoms with Gasteiger partial charge in [-0.25, -0.2) is 8.42 Å². The van der Waals surface area contributed by atoms with Crippen LogP contribution in [-0.4, -0.2) is 68.2 Å². The van der Waals surface area contributed by atoms with E-state index in [2.05, 4.69) is 0 Å². The van der Waals surface area contributed by atoms with Crippen molar-refractivity contribution >= 4 is 15.8 Å². The minimum absolute atomic E-state index is 0.0719. The maximum atomic E-state index is 11.5. The quantitative estimate of drug-likeness (QED) is 0.767.